The van der Waals surface area contributed by atoms with Crippen LogP contribution in [-0.2, 0) is 14.6 Å². The molecule has 1 aliphatic carbocycles. The largest absolute Gasteiger partial charge is 0.444 e. The van der Waals surface area contributed by atoms with Crippen LogP contribution in [0.2, 0.25) is 0 Å². The maximum absolute atomic E-state index is 15.4. The minimum Gasteiger partial charge on any atom is -0.444 e. The molecule has 1 saturated carbocycles. The molecule has 2 aromatic rings. The fraction of sp³-hybridized carbons (Fsp3) is 0.583. The van der Waals surface area contributed by atoms with Crippen LogP contribution in [-0.4, -0.2) is 50.6 Å². The van der Waals surface area contributed by atoms with Gasteiger partial charge in [0, 0.05) is 37.3 Å². The van der Waals surface area contributed by atoms with Gasteiger partial charge in [0.2, 0.25) is 0 Å². The van der Waals surface area contributed by atoms with Crippen molar-refractivity contribution >= 4 is 32.5 Å². The van der Waals surface area contributed by atoms with Gasteiger partial charge in [-0.1, -0.05) is 0 Å². The highest BCUT2D eigenvalue weighted by Crippen LogP contribution is 2.40. The van der Waals surface area contributed by atoms with Gasteiger partial charge < -0.3 is 19.5 Å². The third-order valence-corrected chi connectivity index (χ3v) is 7.39. The Morgan fingerprint density at radius 2 is 1.91 bits per heavy atom. The van der Waals surface area contributed by atoms with Crippen molar-refractivity contribution in [2.45, 2.75) is 63.5 Å². The number of anilines is 1. The average molecular weight is 494 g/mol. The van der Waals surface area contributed by atoms with Crippen LogP contribution in [0.15, 0.2) is 21.8 Å². The van der Waals surface area contributed by atoms with Crippen molar-refractivity contribution in [2.75, 3.05) is 30.8 Å². The minimum absolute atomic E-state index is 0.0712. The van der Waals surface area contributed by atoms with E-state index in [4.69, 9.17) is 4.74 Å². The number of benzene rings is 1. The second kappa shape index (κ2) is 8.55. The van der Waals surface area contributed by atoms with Gasteiger partial charge >= 0.3 is 6.09 Å². The van der Waals surface area contributed by atoms with Gasteiger partial charge in [0.05, 0.1) is 11.2 Å². The van der Waals surface area contributed by atoms with Gasteiger partial charge in [-0.25, -0.2) is 17.6 Å². The maximum Gasteiger partial charge on any atom is 0.407 e. The van der Waals surface area contributed by atoms with Gasteiger partial charge in [-0.2, -0.15) is 0 Å². The molecule has 1 amide bonds. The number of nitrogens with one attached hydrogen (secondary N) is 1. The van der Waals surface area contributed by atoms with Crippen LogP contribution in [0.25, 0.3) is 10.9 Å². The Morgan fingerprint density at radius 3 is 2.50 bits per heavy atom. The number of rotatable bonds is 5. The summed E-state index contributed by atoms with van der Waals surface area (Å²) in [6.07, 6.45) is 2.87. The fourth-order valence-electron chi connectivity index (χ4n) is 4.71. The Kier molecular flexibility index (Phi) is 6.16. The zero-order chi connectivity index (χ0) is 25.0. The standard InChI is InChI=1S/C24H32FN3O5S/c1-14-20-16(11-19(34(5,31)32)22(29)28(20)17-6-7-17)10-18(25)21(14)27-9-8-15(13-27)12-26-23(30)33-24(2,3)4/h10-11,15,17H,6-9,12-13H2,1-5H3,(H,26,30). The molecule has 2 aliphatic rings. The minimum atomic E-state index is -3.75. The predicted octanol–water partition coefficient (Wildman–Crippen LogP) is 3.54. The van der Waals surface area contributed by atoms with Crippen molar-refractivity contribution < 1.29 is 22.3 Å². The number of aromatic nitrogens is 1. The normalized spacial score (nSPS) is 19.0. The zero-order valence-corrected chi connectivity index (χ0v) is 21.1. The molecule has 1 atom stereocenters. The van der Waals surface area contributed by atoms with E-state index in [9.17, 15) is 18.0 Å². The Balaban J connectivity index is 1.65. The summed E-state index contributed by atoms with van der Waals surface area (Å²) in [4.78, 5) is 26.7. The summed E-state index contributed by atoms with van der Waals surface area (Å²) in [7, 11) is -3.75. The number of carbonyl (C=O) groups excluding carboxylic acids is 1. The van der Waals surface area contributed by atoms with Gasteiger partial charge in [0.15, 0.2) is 9.84 Å². The lowest BCUT2D eigenvalue weighted by molar-refractivity contribution is 0.0520. The van der Waals surface area contributed by atoms with Crippen LogP contribution in [0.3, 0.4) is 0 Å². The van der Waals surface area contributed by atoms with E-state index >= 15 is 4.39 Å². The number of sulfone groups is 1. The quantitative estimate of drug-likeness (QED) is 0.684. The summed E-state index contributed by atoms with van der Waals surface area (Å²) >= 11 is 0. The van der Waals surface area contributed by atoms with E-state index in [0.29, 0.717) is 41.8 Å². The van der Waals surface area contributed by atoms with Gasteiger partial charge in [-0.3, -0.25) is 4.79 Å². The molecule has 2 heterocycles. The molecule has 1 aromatic carbocycles. The lowest BCUT2D eigenvalue weighted by Crippen LogP contribution is -2.36. The third-order valence-electron chi connectivity index (χ3n) is 6.30. The molecule has 1 aliphatic heterocycles. The van der Waals surface area contributed by atoms with Crippen LogP contribution >= 0.6 is 0 Å². The molecule has 1 unspecified atom stereocenters. The molecule has 4 rings (SSSR count). The highest BCUT2D eigenvalue weighted by molar-refractivity contribution is 7.90. The number of fused-ring (bicyclic) bond motifs is 1. The first-order chi connectivity index (χ1) is 15.8. The summed E-state index contributed by atoms with van der Waals surface area (Å²) in [5.41, 5.74) is 0.518. The number of pyridine rings is 1. The highest BCUT2D eigenvalue weighted by atomic mass is 32.2. The average Bonchev–Trinajstić information content (AvgIpc) is 3.42. The zero-order valence-electron chi connectivity index (χ0n) is 20.3. The molecule has 34 heavy (non-hydrogen) atoms. The molecule has 0 spiro atoms. The number of amides is 1. The third kappa shape index (κ3) is 4.92. The van der Waals surface area contributed by atoms with E-state index < -0.39 is 32.9 Å². The van der Waals surface area contributed by atoms with Crippen molar-refractivity contribution in [3.8, 4) is 0 Å². The van der Waals surface area contributed by atoms with E-state index in [1.165, 1.54) is 12.1 Å². The molecule has 2 fully saturated rings. The predicted molar refractivity (Wildman–Crippen MR) is 129 cm³/mol. The van der Waals surface area contributed by atoms with Gasteiger partial charge in [-0.15, -0.1) is 0 Å². The number of aryl methyl sites for hydroxylation is 1. The fourth-order valence-corrected chi connectivity index (χ4v) is 5.47. The number of halogens is 1. The summed E-state index contributed by atoms with van der Waals surface area (Å²) in [6, 6.07) is 2.55. The Hall–Kier alpha value is -2.62. The summed E-state index contributed by atoms with van der Waals surface area (Å²) in [6.45, 7) is 8.77. The number of nitrogens with zero attached hydrogens (tertiary/aromatic N) is 2. The molecule has 1 saturated heterocycles. The summed E-state index contributed by atoms with van der Waals surface area (Å²) < 4.78 is 46.6. The van der Waals surface area contributed by atoms with E-state index in [2.05, 4.69) is 5.32 Å². The molecule has 186 valence electrons. The molecular formula is C24H32FN3O5S. The second-order valence-corrected chi connectivity index (χ2v) is 12.4. The highest BCUT2D eigenvalue weighted by Gasteiger charge is 2.33. The van der Waals surface area contributed by atoms with Crippen LogP contribution < -0.4 is 15.8 Å². The van der Waals surface area contributed by atoms with Crippen molar-refractivity contribution in [3.05, 3.63) is 33.9 Å². The van der Waals surface area contributed by atoms with Gasteiger partial charge in [0.1, 0.15) is 16.3 Å². The van der Waals surface area contributed by atoms with Crippen LogP contribution in [0.1, 0.15) is 51.6 Å². The summed E-state index contributed by atoms with van der Waals surface area (Å²) in [5, 5.41) is 3.20. The Bertz CT molecular complexity index is 1310. The van der Waals surface area contributed by atoms with E-state index in [0.717, 1.165) is 25.5 Å². The lowest BCUT2D eigenvalue weighted by atomic mass is 10.1. The number of alkyl carbamates (subject to hydrolysis) is 1. The Morgan fingerprint density at radius 1 is 1.24 bits per heavy atom. The molecule has 1 N–H and O–H groups in total. The van der Waals surface area contributed by atoms with E-state index in [1.54, 1.807) is 32.3 Å². The van der Waals surface area contributed by atoms with Crippen LogP contribution in [0, 0.1) is 18.7 Å². The number of hydrogen-bond donors (Lipinski definition) is 1. The SMILES string of the molecule is Cc1c(N2CCC(CNC(=O)OC(C)(C)C)C2)c(F)cc2cc(S(C)(=O)=O)c(=O)n(C3CC3)c12. The number of ether oxygens (including phenoxy) is 1. The van der Waals surface area contributed by atoms with Gasteiger partial charge in [0.25, 0.3) is 5.56 Å². The maximum atomic E-state index is 15.4. The first-order valence-corrected chi connectivity index (χ1v) is 13.5. The topological polar surface area (TPSA) is 97.7 Å². The van der Waals surface area contributed by atoms with Crippen molar-refractivity contribution in [2.24, 2.45) is 5.92 Å². The molecular weight excluding hydrogens is 461 g/mol. The van der Waals surface area contributed by atoms with Crippen molar-refractivity contribution in [3.63, 3.8) is 0 Å². The first kappa shape index (κ1) is 24.5. The molecule has 10 heteroatoms. The molecule has 1 aromatic heterocycles. The van der Waals surface area contributed by atoms with Crippen LogP contribution in [0.4, 0.5) is 14.9 Å². The van der Waals surface area contributed by atoms with Crippen LogP contribution in [0.5, 0.6) is 0 Å². The molecule has 8 nitrogen and oxygen atoms in total. The number of hydrogen-bond acceptors (Lipinski definition) is 6. The Labute approximate surface area is 199 Å². The lowest BCUT2D eigenvalue weighted by Gasteiger charge is -2.25. The van der Waals surface area contributed by atoms with E-state index in [1.807, 2.05) is 4.90 Å². The second-order valence-electron chi connectivity index (χ2n) is 10.4. The first-order valence-electron chi connectivity index (χ1n) is 11.6. The molecule has 0 bridgehead atoms. The van der Waals surface area contributed by atoms with E-state index in [-0.39, 0.29) is 16.9 Å². The summed E-state index contributed by atoms with van der Waals surface area (Å²) in [5.74, 6) is -0.327. The molecule has 0 radical (unpaired) electrons. The number of carbonyl (C=O) groups is 1. The monoisotopic (exact) mass is 493 g/mol. The van der Waals surface area contributed by atoms with Crippen molar-refractivity contribution in [1.82, 2.24) is 9.88 Å². The van der Waals surface area contributed by atoms with Crippen molar-refractivity contribution in [1.29, 1.82) is 0 Å². The smallest absolute Gasteiger partial charge is 0.407 e. The van der Waals surface area contributed by atoms with Gasteiger partial charge in [-0.05, 0) is 70.6 Å².